The van der Waals surface area contributed by atoms with Crippen molar-refractivity contribution in [3.8, 4) is 0 Å². The van der Waals surface area contributed by atoms with Crippen LogP contribution >= 0.6 is 12.6 Å². The van der Waals surface area contributed by atoms with E-state index in [1.165, 1.54) is 6.42 Å². The molecule has 0 saturated heterocycles. The van der Waals surface area contributed by atoms with Crippen LogP contribution in [0.3, 0.4) is 0 Å². The first-order chi connectivity index (χ1) is 16.9. The molecule has 2 N–H and O–H groups in total. The minimum Gasteiger partial charge on any atom is -0.444 e. The van der Waals surface area contributed by atoms with Gasteiger partial charge in [-0.15, -0.1) is 0 Å². The fourth-order valence-corrected chi connectivity index (χ4v) is 4.94. The first kappa shape index (κ1) is 30.0. The van der Waals surface area contributed by atoms with Crippen LogP contribution in [0.1, 0.15) is 95.9 Å². The smallest absolute Gasteiger partial charge is 0.408 e. The fraction of sp³-hybridized carbons (Fsp3) is 0.679. The lowest BCUT2D eigenvalue weighted by atomic mass is 9.92. The first-order valence-electron chi connectivity index (χ1n) is 13.2. The minimum atomic E-state index is -0.937. The highest BCUT2D eigenvalue weighted by molar-refractivity contribution is 7.80. The highest BCUT2D eigenvalue weighted by Gasteiger charge is 2.39. The molecule has 0 aliphatic heterocycles. The third-order valence-electron chi connectivity index (χ3n) is 6.69. The van der Waals surface area contributed by atoms with Gasteiger partial charge in [-0.25, -0.2) is 4.79 Å². The van der Waals surface area contributed by atoms with Crippen molar-refractivity contribution in [1.29, 1.82) is 0 Å². The van der Waals surface area contributed by atoms with Gasteiger partial charge in [0.2, 0.25) is 11.8 Å². The van der Waals surface area contributed by atoms with E-state index in [1.54, 1.807) is 25.7 Å². The molecule has 3 unspecified atom stereocenters. The van der Waals surface area contributed by atoms with Crippen LogP contribution in [-0.4, -0.2) is 52.3 Å². The van der Waals surface area contributed by atoms with Crippen LogP contribution < -0.4 is 10.6 Å². The Morgan fingerprint density at radius 1 is 1.14 bits per heavy atom. The van der Waals surface area contributed by atoms with Crippen molar-refractivity contribution in [2.75, 3.05) is 5.75 Å². The number of aryl methyl sites for hydroxylation is 2. The summed E-state index contributed by atoms with van der Waals surface area (Å²) in [5.74, 6) is -0.457. The van der Waals surface area contributed by atoms with E-state index >= 15 is 0 Å². The summed E-state index contributed by atoms with van der Waals surface area (Å²) >= 11 is 4.36. The zero-order valence-electron chi connectivity index (χ0n) is 23.0. The van der Waals surface area contributed by atoms with Crippen molar-refractivity contribution >= 4 is 30.5 Å². The van der Waals surface area contributed by atoms with Gasteiger partial charge in [0, 0.05) is 17.8 Å². The summed E-state index contributed by atoms with van der Waals surface area (Å²) in [5, 5.41) is 5.91. The molecule has 3 atom stereocenters. The fourth-order valence-electron chi connectivity index (χ4n) is 4.69. The molecule has 0 spiro atoms. The first-order valence-corrected chi connectivity index (χ1v) is 13.8. The zero-order chi connectivity index (χ0) is 27.0. The van der Waals surface area contributed by atoms with Gasteiger partial charge in [0.25, 0.3) is 0 Å². The monoisotopic (exact) mass is 519 g/mol. The maximum Gasteiger partial charge on any atom is 0.408 e. The van der Waals surface area contributed by atoms with E-state index in [4.69, 9.17) is 4.74 Å². The predicted molar refractivity (Wildman–Crippen MR) is 147 cm³/mol. The van der Waals surface area contributed by atoms with E-state index in [0.29, 0.717) is 6.42 Å². The topological polar surface area (TPSA) is 87.7 Å². The average Bonchev–Trinajstić information content (AvgIpc) is 2.80. The number of nitrogens with one attached hydrogen (secondary N) is 2. The second-order valence-electron chi connectivity index (χ2n) is 11.0. The van der Waals surface area contributed by atoms with E-state index in [1.807, 2.05) is 45.9 Å². The summed E-state index contributed by atoms with van der Waals surface area (Å²) in [6.07, 6.45) is 5.22. The standard InChI is InChI=1S/C28H45N3O4S/c1-8-20(4)31(26(33)23(17-36)30-27(34)35-28(5,6)7)24(22-15-14-18(2)16-19(22)3)25(32)29-21-12-10-9-11-13-21/h14-16,20-21,23-24,36H,8-13,17H2,1-7H3,(H,29,32)(H,30,34). The normalized spacial score (nSPS) is 17.0. The molecule has 7 nitrogen and oxygen atoms in total. The number of thiol groups is 1. The van der Waals surface area contributed by atoms with E-state index < -0.39 is 23.8 Å². The maximum absolute atomic E-state index is 14.0. The third-order valence-corrected chi connectivity index (χ3v) is 7.05. The quantitative estimate of drug-likeness (QED) is 0.389. The van der Waals surface area contributed by atoms with Crippen LogP contribution in [0.15, 0.2) is 18.2 Å². The van der Waals surface area contributed by atoms with Crippen molar-refractivity contribution < 1.29 is 19.1 Å². The van der Waals surface area contributed by atoms with E-state index in [0.717, 1.165) is 42.4 Å². The van der Waals surface area contributed by atoms with Gasteiger partial charge in [0.05, 0.1) is 0 Å². The van der Waals surface area contributed by atoms with Crippen molar-refractivity contribution in [2.24, 2.45) is 0 Å². The maximum atomic E-state index is 14.0. The molecule has 8 heteroatoms. The summed E-state index contributed by atoms with van der Waals surface area (Å²) in [6.45, 7) is 13.2. The number of carbonyl (C=O) groups excluding carboxylic acids is 3. The highest BCUT2D eigenvalue weighted by atomic mass is 32.1. The van der Waals surface area contributed by atoms with Crippen LogP contribution in [0.4, 0.5) is 4.79 Å². The van der Waals surface area contributed by atoms with Crippen LogP contribution in [0.25, 0.3) is 0 Å². The minimum absolute atomic E-state index is 0.0782. The second kappa shape index (κ2) is 13.4. The van der Waals surface area contributed by atoms with Crippen LogP contribution in [-0.2, 0) is 14.3 Å². The molecule has 2 rings (SSSR count). The summed E-state index contributed by atoms with van der Waals surface area (Å²) in [5.41, 5.74) is 2.12. The summed E-state index contributed by atoms with van der Waals surface area (Å²) in [4.78, 5) is 42.0. The van der Waals surface area contributed by atoms with Crippen molar-refractivity contribution in [3.05, 3.63) is 34.9 Å². The molecule has 1 aromatic rings. The highest BCUT2D eigenvalue weighted by Crippen LogP contribution is 2.30. The molecule has 1 aliphatic rings. The second-order valence-corrected chi connectivity index (χ2v) is 11.4. The summed E-state index contributed by atoms with van der Waals surface area (Å²) in [6, 6.07) is 4.04. The Balaban J connectivity index is 2.47. The number of alkyl carbamates (subject to hydrolysis) is 1. The number of hydrogen-bond acceptors (Lipinski definition) is 5. The molecule has 3 amide bonds. The Hall–Kier alpha value is -2.22. The molecule has 0 heterocycles. The Bertz CT molecular complexity index is 909. The number of amides is 3. The SMILES string of the molecule is CCC(C)N(C(=O)C(CS)NC(=O)OC(C)(C)C)C(C(=O)NC1CCCCC1)c1ccc(C)cc1C. The lowest BCUT2D eigenvalue weighted by Crippen LogP contribution is -2.56. The van der Waals surface area contributed by atoms with Gasteiger partial charge in [-0.05, 0) is 71.9 Å². The molecule has 1 aromatic carbocycles. The van der Waals surface area contributed by atoms with Gasteiger partial charge in [0.1, 0.15) is 17.7 Å². The van der Waals surface area contributed by atoms with Gasteiger partial charge in [0.15, 0.2) is 0 Å². The number of hydrogen-bond donors (Lipinski definition) is 3. The Labute approximate surface area is 222 Å². The van der Waals surface area contributed by atoms with Gasteiger partial charge < -0.3 is 20.3 Å². The molecule has 1 saturated carbocycles. The Kier molecular flexibility index (Phi) is 11.1. The number of nitrogens with zero attached hydrogens (tertiary/aromatic N) is 1. The van der Waals surface area contributed by atoms with Crippen LogP contribution in [0.5, 0.6) is 0 Å². The number of benzene rings is 1. The Morgan fingerprint density at radius 2 is 1.78 bits per heavy atom. The van der Waals surface area contributed by atoms with Gasteiger partial charge >= 0.3 is 6.09 Å². The van der Waals surface area contributed by atoms with Crippen LogP contribution in [0.2, 0.25) is 0 Å². The predicted octanol–water partition coefficient (Wildman–Crippen LogP) is 5.24. The number of carbonyl (C=O) groups is 3. The van der Waals surface area contributed by atoms with Gasteiger partial charge in [-0.3, -0.25) is 9.59 Å². The van der Waals surface area contributed by atoms with Crippen LogP contribution in [0, 0.1) is 13.8 Å². The molecule has 1 aliphatic carbocycles. The van der Waals surface area contributed by atoms with E-state index in [9.17, 15) is 14.4 Å². The molecule has 202 valence electrons. The molecule has 0 bridgehead atoms. The number of rotatable bonds is 9. The lowest BCUT2D eigenvalue weighted by molar-refractivity contribution is -0.145. The van der Waals surface area contributed by atoms with Crippen molar-refractivity contribution in [2.45, 2.75) is 117 Å². The molecule has 0 aromatic heterocycles. The molecule has 1 fully saturated rings. The zero-order valence-corrected chi connectivity index (χ0v) is 23.9. The molecule has 36 heavy (non-hydrogen) atoms. The third kappa shape index (κ3) is 8.43. The lowest BCUT2D eigenvalue weighted by Gasteiger charge is -2.39. The van der Waals surface area contributed by atoms with Crippen molar-refractivity contribution in [3.63, 3.8) is 0 Å². The average molecular weight is 520 g/mol. The summed E-state index contributed by atoms with van der Waals surface area (Å²) < 4.78 is 5.38. The molecule has 0 radical (unpaired) electrons. The van der Waals surface area contributed by atoms with Crippen molar-refractivity contribution in [1.82, 2.24) is 15.5 Å². The van der Waals surface area contributed by atoms with E-state index in [-0.39, 0.29) is 29.7 Å². The largest absolute Gasteiger partial charge is 0.444 e. The molecular weight excluding hydrogens is 474 g/mol. The van der Waals surface area contributed by atoms with Gasteiger partial charge in [-0.2, -0.15) is 12.6 Å². The molecular formula is C28H45N3O4S. The van der Waals surface area contributed by atoms with E-state index in [2.05, 4.69) is 23.3 Å². The summed E-state index contributed by atoms with van der Waals surface area (Å²) in [7, 11) is 0. The Morgan fingerprint density at radius 3 is 2.31 bits per heavy atom. The number of ether oxygens (including phenoxy) is 1. The van der Waals surface area contributed by atoms with Gasteiger partial charge in [-0.1, -0.05) is 49.9 Å².